The summed E-state index contributed by atoms with van der Waals surface area (Å²) in [7, 11) is 0. The van der Waals surface area contributed by atoms with Gasteiger partial charge in [0.1, 0.15) is 11.4 Å². The van der Waals surface area contributed by atoms with Crippen molar-refractivity contribution in [3.05, 3.63) is 23.8 Å². The first kappa shape index (κ1) is 8.71. The average molecular weight is 163 g/mol. The summed E-state index contributed by atoms with van der Waals surface area (Å²) in [5.41, 5.74) is 9.68. The Bertz CT molecular complexity index is 284. The minimum atomic E-state index is 0.0310. The first-order valence-corrected chi connectivity index (χ1v) is 3.95. The number of rotatable bonds is 3. The summed E-state index contributed by atoms with van der Waals surface area (Å²) < 4.78 is 0. The zero-order valence-electron chi connectivity index (χ0n) is 6.99. The molecular formula is C9H11N2O. The van der Waals surface area contributed by atoms with Crippen molar-refractivity contribution >= 4 is 5.69 Å². The number of phenolic OH excluding ortho intramolecular Hbond substituents is 1. The van der Waals surface area contributed by atoms with E-state index in [1.807, 2.05) is 6.07 Å². The molecule has 3 nitrogen and oxygen atoms in total. The number of nitrogens with zero attached hydrogens (tertiary/aromatic N) is 2. The minimum Gasteiger partial charge on any atom is -0.506 e. The Morgan fingerprint density at radius 3 is 2.75 bits per heavy atom. The van der Waals surface area contributed by atoms with E-state index >= 15 is 0 Å². The predicted molar refractivity (Wildman–Crippen MR) is 46.3 cm³/mol. The van der Waals surface area contributed by atoms with Crippen molar-refractivity contribution in [3.63, 3.8) is 0 Å². The standard InChI is InChI=1S/C9H11N2O/c1-2-3-7-4-5-8(11-10)9(12)6-7/h4-6,12H,2-3H2,1H3. The highest BCUT2D eigenvalue weighted by molar-refractivity contribution is 5.51. The molecule has 1 rings (SSSR count). The molecule has 0 unspecified atom stereocenters. The maximum Gasteiger partial charge on any atom is 0.143 e. The van der Waals surface area contributed by atoms with E-state index in [1.165, 1.54) is 0 Å². The molecule has 0 aliphatic rings. The molecule has 0 bridgehead atoms. The fourth-order valence-corrected chi connectivity index (χ4v) is 1.10. The monoisotopic (exact) mass is 163 g/mol. The number of hydrogen-bond donors (Lipinski definition) is 1. The summed E-state index contributed by atoms with van der Waals surface area (Å²) >= 11 is 0. The van der Waals surface area contributed by atoms with Gasteiger partial charge in [0.2, 0.25) is 0 Å². The Hall–Kier alpha value is -1.38. The molecule has 0 spiro atoms. The molecule has 12 heavy (non-hydrogen) atoms. The Labute approximate surface area is 71.6 Å². The van der Waals surface area contributed by atoms with Crippen molar-refractivity contribution in [1.82, 2.24) is 5.53 Å². The van der Waals surface area contributed by atoms with Crippen LogP contribution in [0.5, 0.6) is 5.75 Å². The van der Waals surface area contributed by atoms with Crippen LogP contribution in [0.1, 0.15) is 18.9 Å². The molecular weight excluding hydrogens is 152 g/mol. The molecule has 0 aliphatic heterocycles. The molecule has 63 valence electrons. The van der Waals surface area contributed by atoms with Gasteiger partial charge in [0.05, 0.1) is 0 Å². The fraction of sp³-hybridized carbons (Fsp3) is 0.333. The SMILES string of the molecule is CCCc1ccc(N=[N])c(O)c1. The van der Waals surface area contributed by atoms with Crippen molar-refractivity contribution in [2.45, 2.75) is 19.8 Å². The van der Waals surface area contributed by atoms with Crippen LogP contribution in [0.3, 0.4) is 0 Å². The van der Waals surface area contributed by atoms with Gasteiger partial charge < -0.3 is 5.11 Å². The molecule has 1 aromatic carbocycles. The molecule has 0 atom stereocenters. The lowest BCUT2D eigenvalue weighted by Crippen LogP contribution is -1.81. The summed E-state index contributed by atoms with van der Waals surface area (Å²) in [6.45, 7) is 2.07. The van der Waals surface area contributed by atoms with Crippen LogP contribution in [-0.2, 0) is 6.42 Å². The third kappa shape index (κ3) is 1.81. The Morgan fingerprint density at radius 1 is 1.50 bits per heavy atom. The highest BCUT2D eigenvalue weighted by atomic mass is 16.3. The number of benzene rings is 1. The Balaban J connectivity index is 2.93. The van der Waals surface area contributed by atoms with E-state index in [9.17, 15) is 5.11 Å². The third-order valence-electron chi connectivity index (χ3n) is 1.69. The number of hydrogen-bond acceptors (Lipinski definition) is 2. The van der Waals surface area contributed by atoms with Crippen LogP contribution in [0.25, 0.3) is 0 Å². The van der Waals surface area contributed by atoms with Crippen LogP contribution >= 0.6 is 0 Å². The Morgan fingerprint density at radius 2 is 2.25 bits per heavy atom. The molecule has 0 amide bonds. The lowest BCUT2D eigenvalue weighted by atomic mass is 10.1. The van der Waals surface area contributed by atoms with Gasteiger partial charge in [-0.25, -0.2) is 0 Å². The maximum absolute atomic E-state index is 9.26. The van der Waals surface area contributed by atoms with Crippen molar-refractivity contribution in [2.24, 2.45) is 5.11 Å². The second kappa shape index (κ2) is 3.85. The molecule has 3 heteroatoms. The van der Waals surface area contributed by atoms with E-state index in [4.69, 9.17) is 5.53 Å². The molecule has 1 aromatic rings. The molecule has 0 aliphatic carbocycles. The highest BCUT2D eigenvalue weighted by Crippen LogP contribution is 2.26. The quantitative estimate of drug-likeness (QED) is 0.682. The predicted octanol–water partition coefficient (Wildman–Crippen LogP) is 2.23. The summed E-state index contributed by atoms with van der Waals surface area (Å²) in [4.78, 5) is 0. The van der Waals surface area contributed by atoms with Gasteiger partial charge in [0.25, 0.3) is 0 Å². The van der Waals surface area contributed by atoms with E-state index in [-0.39, 0.29) is 11.4 Å². The highest BCUT2D eigenvalue weighted by Gasteiger charge is 2.00. The van der Waals surface area contributed by atoms with Gasteiger partial charge >= 0.3 is 0 Å². The Kier molecular flexibility index (Phi) is 2.80. The van der Waals surface area contributed by atoms with Gasteiger partial charge in [0.15, 0.2) is 0 Å². The minimum absolute atomic E-state index is 0.0310. The van der Waals surface area contributed by atoms with Crippen molar-refractivity contribution in [2.75, 3.05) is 0 Å². The maximum atomic E-state index is 9.26. The molecule has 1 radical (unpaired) electrons. The summed E-state index contributed by atoms with van der Waals surface area (Å²) in [6, 6.07) is 5.07. The number of aromatic hydroxyl groups is 1. The first-order chi connectivity index (χ1) is 5.77. The largest absolute Gasteiger partial charge is 0.506 e. The average Bonchev–Trinajstić information content (AvgIpc) is 2.05. The second-order valence-electron chi connectivity index (χ2n) is 2.67. The van der Waals surface area contributed by atoms with Crippen molar-refractivity contribution in [3.8, 4) is 5.75 Å². The van der Waals surface area contributed by atoms with Crippen molar-refractivity contribution < 1.29 is 5.11 Å². The zero-order valence-corrected chi connectivity index (χ0v) is 6.99. The zero-order chi connectivity index (χ0) is 8.97. The fourth-order valence-electron chi connectivity index (χ4n) is 1.10. The summed E-state index contributed by atoms with van der Waals surface area (Å²) in [6.07, 6.45) is 1.97. The topological polar surface area (TPSA) is 54.9 Å². The molecule has 0 saturated heterocycles. The van der Waals surface area contributed by atoms with Gasteiger partial charge in [0, 0.05) is 0 Å². The van der Waals surface area contributed by atoms with Gasteiger partial charge in [-0.1, -0.05) is 19.4 Å². The van der Waals surface area contributed by atoms with Crippen molar-refractivity contribution in [1.29, 1.82) is 0 Å². The van der Waals surface area contributed by atoms with Crippen LogP contribution in [0.2, 0.25) is 0 Å². The summed E-state index contributed by atoms with van der Waals surface area (Å²) in [5, 5.41) is 12.2. The van der Waals surface area contributed by atoms with Crippen LogP contribution in [0, 0.1) is 0 Å². The van der Waals surface area contributed by atoms with Crippen LogP contribution < -0.4 is 5.53 Å². The lowest BCUT2D eigenvalue weighted by Gasteiger charge is -2.00. The first-order valence-electron chi connectivity index (χ1n) is 3.95. The summed E-state index contributed by atoms with van der Waals surface area (Å²) in [5.74, 6) is 0.0310. The molecule has 0 aromatic heterocycles. The van der Waals surface area contributed by atoms with Gasteiger partial charge in [-0.15, -0.1) is 5.11 Å². The van der Waals surface area contributed by atoms with Gasteiger partial charge in [-0.2, -0.15) is 0 Å². The second-order valence-corrected chi connectivity index (χ2v) is 2.67. The van der Waals surface area contributed by atoms with E-state index in [0.29, 0.717) is 0 Å². The van der Waals surface area contributed by atoms with E-state index in [2.05, 4.69) is 12.0 Å². The number of aryl methyl sites for hydroxylation is 1. The number of phenols is 1. The normalized spacial score (nSPS) is 9.75. The smallest absolute Gasteiger partial charge is 0.143 e. The third-order valence-corrected chi connectivity index (χ3v) is 1.69. The van der Waals surface area contributed by atoms with Gasteiger partial charge in [-0.3, -0.25) is 0 Å². The lowest BCUT2D eigenvalue weighted by molar-refractivity contribution is 0.475. The van der Waals surface area contributed by atoms with Crippen LogP contribution in [0.4, 0.5) is 5.69 Å². The molecule has 0 heterocycles. The van der Waals surface area contributed by atoms with E-state index < -0.39 is 0 Å². The van der Waals surface area contributed by atoms with Crippen LogP contribution in [-0.4, -0.2) is 5.11 Å². The van der Waals surface area contributed by atoms with Gasteiger partial charge in [-0.05, 0) is 29.6 Å². The molecule has 0 fully saturated rings. The van der Waals surface area contributed by atoms with E-state index in [0.717, 1.165) is 18.4 Å². The molecule has 0 saturated carbocycles. The van der Waals surface area contributed by atoms with Crippen LogP contribution in [0.15, 0.2) is 23.3 Å². The van der Waals surface area contributed by atoms with E-state index in [1.54, 1.807) is 12.1 Å². The molecule has 1 N–H and O–H groups in total.